The fourth-order valence-corrected chi connectivity index (χ4v) is 3.44. The molecule has 0 aliphatic carbocycles. The van der Waals surface area contributed by atoms with Gasteiger partial charge in [-0.05, 0) is 29.8 Å². The first kappa shape index (κ1) is 19.9. The summed E-state index contributed by atoms with van der Waals surface area (Å²) in [4.78, 5) is 16.3. The molecule has 30 heavy (non-hydrogen) atoms. The molecule has 0 aliphatic rings. The molecule has 1 amide bonds. The number of amides is 1. The Kier molecular flexibility index (Phi) is 6.24. The minimum Gasteiger partial charge on any atom is -0.455 e. The zero-order valence-electron chi connectivity index (χ0n) is 15.9. The normalized spacial score (nSPS) is 10.8. The lowest BCUT2D eigenvalue weighted by Crippen LogP contribution is -2.24. The van der Waals surface area contributed by atoms with Gasteiger partial charge in [-0.3, -0.25) is 4.79 Å². The van der Waals surface area contributed by atoms with Crippen LogP contribution in [0.15, 0.2) is 75.7 Å². The Balaban J connectivity index is 1.25. The Labute approximate surface area is 176 Å². The maximum Gasteiger partial charge on any atom is 0.293 e. The van der Waals surface area contributed by atoms with E-state index in [1.165, 1.54) is 23.9 Å². The molecule has 0 saturated heterocycles. The van der Waals surface area contributed by atoms with Crippen molar-refractivity contribution in [3.63, 3.8) is 0 Å². The Morgan fingerprint density at radius 3 is 2.63 bits per heavy atom. The quantitative estimate of drug-likeness (QED) is 0.443. The third-order valence-corrected chi connectivity index (χ3v) is 5.17. The molecule has 0 unspecified atom stereocenters. The highest BCUT2D eigenvalue weighted by Crippen LogP contribution is 2.25. The van der Waals surface area contributed by atoms with E-state index >= 15 is 0 Å². The van der Waals surface area contributed by atoms with Gasteiger partial charge in [-0.2, -0.15) is 4.98 Å². The fourth-order valence-electron chi connectivity index (χ4n) is 2.70. The van der Waals surface area contributed by atoms with Crippen molar-refractivity contribution in [3.05, 3.63) is 83.9 Å². The molecular weight excluding hydrogens is 405 g/mol. The first-order chi connectivity index (χ1) is 14.7. The van der Waals surface area contributed by atoms with Crippen LogP contribution < -0.4 is 5.32 Å². The van der Waals surface area contributed by atoms with E-state index in [4.69, 9.17) is 8.94 Å². The van der Waals surface area contributed by atoms with Crippen LogP contribution >= 0.6 is 11.8 Å². The number of thioether (sulfide) groups is 1. The summed E-state index contributed by atoms with van der Waals surface area (Å²) in [6.07, 6.45) is 0. The summed E-state index contributed by atoms with van der Waals surface area (Å²) in [5, 5.41) is 6.79. The smallest absolute Gasteiger partial charge is 0.293 e. The van der Waals surface area contributed by atoms with E-state index in [2.05, 4.69) is 15.5 Å². The highest BCUT2D eigenvalue weighted by atomic mass is 32.2. The van der Waals surface area contributed by atoms with E-state index < -0.39 is 0 Å². The van der Waals surface area contributed by atoms with E-state index in [0.717, 1.165) is 11.1 Å². The molecule has 0 atom stereocenters. The number of nitrogens with one attached hydrogen (secondary N) is 1. The summed E-state index contributed by atoms with van der Waals surface area (Å²) in [7, 11) is 0. The lowest BCUT2D eigenvalue weighted by atomic mass is 10.2. The van der Waals surface area contributed by atoms with Gasteiger partial charge in [0, 0.05) is 12.1 Å². The molecule has 0 spiro atoms. The number of benzene rings is 2. The second-order valence-corrected chi connectivity index (χ2v) is 7.44. The third-order valence-electron chi connectivity index (χ3n) is 4.21. The van der Waals surface area contributed by atoms with E-state index in [-0.39, 0.29) is 17.5 Å². The van der Waals surface area contributed by atoms with E-state index in [0.29, 0.717) is 35.5 Å². The summed E-state index contributed by atoms with van der Waals surface area (Å²) in [5.74, 6) is 2.43. The molecule has 2 heterocycles. The van der Waals surface area contributed by atoms with Crippen molar-refractivity contribution in [2.75, 3.05) is 5.75 Å². The third kappa shape index (κ3) is 5.15. The van der Waals surface area contributed by atoms with Gasteiger partial charge < -0.3 is 14.3 Å². The largest absolute Gasteiger partial charge is 0.455 e. The molecule has 8 heteroatoms. The second kappa shape index (κ2) is 9.41. The van der Waals surface area contributed by atoms with Crippen molar-refractivity contribution >= 4 is 17.7 Å². The molecule has 2 aromatic heterocycles. The van der Waals surface area contributed by atoms with Crippen molar-refractivity contribution < 1.29 is 18.1 Å². The van der Waals surface area contributed by atoms with Crippen LogP contribution in [0.2, 0.25) is 0 Å². The number of rotatable bonds is 8. The summed E-state index contributed by atoms with van der Waals surface area (Å²) < 4.78 is 23.9. The Bertz CT molecular complexity index is 1110. The highest BCUT2D eigenvalue weighted by molar-refractivity contribution is 7.99. The van der Waals surface area contributed by atoms with Crippen molar-refractivity contribution in [2.45, 2.75) is 12.3 Å². The first-order valence-electron chi connectivity index (χ1n) is 9.24. The maximum absolute atomic E-state index is 12.9. The summed E-state index contributed by atoms with van der Waals surface area (Å²) in [5.41, 5.74) is 1.71. The van der Waals surface area contributed by atoms with Crippen LogP contribution in [0.25, 0.3) is 23.0 Å². The topological polar surface area (TPSA) is 81.2 Å². The molecule has 0 bridgehead atoms. The van der Waals surface area contributed by atoms with Crippen LogP contribution in [0.4, 0.5) is 4.39 Å². The molecule has 4 rings (SSSR count). The zero-order chi connectivity index (χ0) is 20.8. The SMILES string of the molecule is O=C(CSCc1ccc(-c2nc(-c3ccccc3)no2)o1)NCc1ccc(F)cc1. The van der Waals surface area contributed by atoms with Gasteiger partial charge in [0.05, 0.1) is 11.5 Å². The van der Waals surface area contributed by atoms with Gasteiger partial charge in [0.1, 0.15) is 11.6 Å². The molecule has 0 saturated carbocycles. The van der Waals surface area contributed by atoms with Crippen LogP contribution in [-0.4, -0.2) is 21.8 Å². The lowest BCUT2D eigenvalue weighted by molar-refractivity contribution is -0.118. The Morgan fingerprint density at radius 2 is 1.83 bits per heavy atom. The monoisotopic (exact) mass is 423 g/mol. The molecule has 0 radical (unpaired) electrons. The molecule has 0 fully saturated rings. The van der Waals surface area contributed by atoms with E-state index in [9.17, 15) is 9.18 Å². The predicted octanol–water partition coefficient (Wildman–Crippen LogP) is 4.69. The molecule has 4 aromatic rings. The van der Waals surface area contributed by atoms with Gasteiger partial charge in [0.25, 0.3) is 5.89 Å². The Hall–Kier alpha value is -3.39. The number of furan rings is 1. The average Bonchev–Trinajstić information content (AvgIpc) is 3.44. The fraction of sp³-hybridized carbons (Fsp3) is 0.136. The number of aromatic nitrogens is 2. The summed E-state index contributed by atoms with van der Waals surface area (Å²) in [6, 6.07) is 19.2. The van der Waals surface area contributed by atoms with Gasteiger partial charge in [0.2, 0.25) is 11.7 Å². The average molecular weight is 423 g/mol. The van der Waals surface area contributed by atoms with Crippen LogP contribution in [0.5, 0.6) is 0 Å². The highest BCUT2D eigenvalue weighted by Gasteiger charge is 2.14. The van der Waals surface area contributed by atoms with Crippen LogP contribution in [0.3, 0.4) is 0 Å². The molecule has 152 valence electrons. The standard InChI is InChI=1S/C22H18FN3O3S/c23-17-8-6-15(7-9-17)12-24-20(27)14-30-13-18-10-11-19(28-18)22-25-21(26-29-22)16-4-2-1-3-5-16/h1-11H,12-14H2,(H,24,27). The van der Waals surface area contributed by atoms with E-state index in [1.54, 1.807) is 18.2 Å². The van der Waals surface area contributed by atoms with Crippen molar-refractivity contribution in [3.8, 4) is 23.0 Å². The van der Waals surface area contributed by atoms with Gasteiger partial charge in [0.15, 0.2) is 5.76 Å². The number of hydrogen-bond donors (Lipinski definition) is 1. The molecule has 6 nitrogen and oxygen atoms in total. The van der Waals surface area contributed by atoms with E-state index in [1.807, 2.05) is 36.4 Å². The first-order valence-corrected chi connectivity index (χ1v) is 10.4. The summed E-state index contributed by atoms with van der Waals surface area (Å²) >= 11 is 1.43. The van der Waals surface area contributed by atoms with Crippen LogP contribution in [0.1, 0.15) is 11.3 Å². The number of carbonyl (C=O) groups is 1. The zero-order valence-corrected chi connectivity index (χ0v) is 16.7. The van der Waals surface area contributed by atoms with Crippen molar-refractivity contribution in [2.24, 2.45) is 0 Å². The minimum absolute atomic E-state index is 0.0968. The van der Waals surface area contributed by atoms with Crippen molar-refractivity contribution in [1.82, 2.24) is 15.5 Å². The molecule has 2 aromatic carbocycles. The maximum atomic E-state index is 12.9. The van der Waals surface area contributed by atoms with Crippen LogP contribution in [0, 0.1) is 5.82 Å². The van der Waals surface area contributed by atoms with Gasteiger partial charge in [-0.25, -0.2) is 4.39 Å². The van der Waals surface area contributed by atoms with Crippen LogP contribution in [-0.2, 0) is 17.1 Å². The molecular formula is C22H18FN3O3S. The second-order valence-electron chi connectivity index (χ2n) is 6.45. The van der Waals surface area contributed by atoms with Crippen molar-refractivity contribution in [1.29, 1.82) is 0 Å². The molecule has 1 N–H and O–H groups in total. The minimum atomic E-state index is -0.296. The number of carbonyl (C=O) groups excluding carboxylic acids is 1. The van der Waals surface area contributed by atoms with Gasteiger partial charge in [-0.15, -0.1) is 11.8 Å². The molecule has 0 aliphatic heterocycles. The summed E-state index contributed by atoms with van der Waals surface area (Å²) in [6.45, 7) is 0.367. The van der Waals surface area contributed by atoms with Gasteiger partial charge >= 0.3 is 0 Å². The number of nitrogens with zero attached hydrogens (tertiary/aromatic N) is 2. The number of halogens is 1. The number of hydrogen-bond acceptors (Lipinski definition) is 6. The predicted molar refractivity (Wildman–Crippen MR) is 112 cm³/mol. The Morgan fingerprint density at radius 1 is 1.03 bits per heavy atom. The van der Waals surface area contributed by atoms with Gasteiger partial charge in [-0.1, -0.05) is 47.6 Å². The lowest BCUT2D eigenvalue weighted by Gasteiger charge is -2.05.